The molecule has 0 saturated carbocycles. The van der Waals surface area contributed by atoms with Crippen molar-refractivity contribution in [3.8, 4) is 0 Å². The van der Waals surface area contributed by atoms with Crippen LogP contribution >= 0.6 is 11.8 Å². The fourth-order valence-electron chi connectivity index (χ4n) is 0.564. The van der Waals surface area contributed by atoms with Crippen molar-refractivity contribution in [2.45, 2.75) is 11.3 Å². The Balaban J connectivity index is 2.64. The Morgan fingerprint density at radius 1 is 1.57 bits per heavy atom. The highest BCUT2D eigenvalue weighted by molar-refractivity contribution is 7.99. The van der Waals surface area contributed by atoms with Gasteiger partial charge < -0.3 is 5.11 Å². The Morgan fingerprint density at radius 3 is 2.64 bits per heavy atom. The number of nitrogens with one attached hydrogen (secondary N) is 1. The number of nitrogens with zero attached hydrogens (tertiary/aromatic N) is 2. The maximum Gasteiger partial charge on any atom is 0.451 e. The van der Waals surface area contributed by atoms with Gasteiger partial charge in [-0.05, 0) is 0 Å². The average molecular weight is 227 g/mol. The Labute approximate surface area is 79.7 Å². The average Bonchev–Trinajstić information content (AvgIpc) is 2.47. The lowest BCUT2D eigenvalue weighted by atomic mass is 10.6. The minimum atomic E-state index is -4.59. The van der Waals surface area contributed by atoms with E-state index < -0.39 is 18.0 Å². The highest BCUT2D eigenvalue weighted by Gasteiger charge is 2.35. The Bertz CT molecular complexity index is 337. The first-order valence-electron chi connectivity index (χ1n) is 3.24. The highest BCUT2D eigenvalue weighted by atomic mass is 32.2. The molecule has 0 spiro atoms. The number of carboxylic acid groups (broad SMARTS) is 1. The molecule has 0 aliphatic rings. The number of carbonyl (C=O) groups is 1. The molecule has 0 radical (unpaired) electrons. The van der Waals surface area contributed by atoms with Gasteiger partial charge in [-0.15, -0.1) is 5.10 Å². The fourth-order valence-corrected chi connectivity index (χ4v) is 1.08. The van der Waals surface area contributed by atoms with Crippen molar-refractivity contribution in [1.29, 1.82) is 0 Å². The van der Waals surface area contributed by atoms with Gasteiger partial charge in [0.15, 0.2) is 0 Å². The fraction of sp³-hybridized carbons (Fsp3) is 0.400. The Kier molecular flexibility index (Phi) is 2.99. The number of aromatic nitrogens is 3. The van der Waals surface area contributed by atoms with Crippen molar-refractivity contribution in [3.05, 3.63) is 5.82 Å². The molecule has 0 aromatic carbocycles. The highest BCUT2D eigenvalue weighted by Crippen LogP contribution is 2.27. The molecule has 0 bridgehead atoms. The first-order chi connectivity index (χ1) is 6.39. The zero-order valence-electron chi connectivity index (χ0n) is 6.50. The van der Waals surface area contributed by atoms with E-state index in [-0.39, 0.29) is 10.9 Å². The van der Waals surface area contributed by atoms with Crippen molar-refractivity contribution in [2.75, 3.05) is 5.75 Å². The Morgan fingerprint density at radius 2 is 2.21 bits per heavy atom. The van der Waals surface area contributed by atoms with Gasteiger partial charge in [-0.1, -0.05) is 11.8 Å². The topological polar surface area (TPSA) is 78.9 Å². The van der Waals surface area contributed by atoms with Crippen molar-refractivity contribution in [1.82, 2.24) is 15.2 Å². The number of hydrogen-bond acceptors (Lipinski definition) is 4. The van der Waals surface area contributed by atoms with E-state index in [0.29, 0.717) is 11.8 Å². The number of hydrogen-bond donors (Lipinski definition) is 2. The third-order valence-corrected chi connectivity index (χ3v) is 1.89. The van der Waals surface area contributed by atoms with E-state index in [4.69, 9.17) is 5.11 Å². The van der Waals surface area contributed by atoms with Gasteiger partial charge in [-0.2, -0.15) is 18.2 Å². The number of halogens is 3. The minimum absolute atomic E-state index is 0.236. The molecule has 78 valence electrons. The van der Waals surface area contributed by atoms with Crippen molar-refractivity contribution < 1.29 is 23.1 Å². The number of rotatable bonds is 3. The summed E-state index contributed by atoms with van der Waals surface area (Å²) < 4.78 is 35.8. The summed E-state index contributed by atoms with van der Waals surface area (Å²) >= 11 is 0.612. The van der Waals surface area contributed by atoms with E-state index in [1.165, 1.54) is 0 Å². The summed E-state index contributed by atoms with van der Waals surface area (Å²) in [6.07, 6.45) is -4.59. The van der Waals surface area contributed by atoms with Gasteiger partial charge in [-0.3, -0.25) is 9.89 Å². The second-order valence-corrected chi connectivity index (χ2v) is 3.09. The molecule has 5 nitrogen and oxygen atoms in total. The van der Waals surface area contributed by atoms with Gasteiger partial charge in [-0.25, -0.2) is 0 Å². The van der Waals surface area contributed by atoms with Gasteiger partial charge in [0, 0.05) is 0 Å². The van der Waals surface area contributed by atoms with Gasteiger partial charge in [0.25, 0.3) is 0 Å². The number of aliphatic carboxylic acids is 1. The molecule has 0 amide bonds. The number of alkyl halides is 3. The molecule has 0 saturated heterocycles. The molecular weight excluding hydrogens is 223 g/mol. The summed E-state index contributed by atoms with van der Waals surface area (Å²) in [6.45, 7) is 0. The van der Waals surface area contributed by atoms with Crippen LogP contribution in [0.15, 0.2) is 5.16 Å². The zero-order chi connectivity index (χ0) is 10.8. The lowest BCUT2D eigenvalue weighted by Crippen LogP contribution is -2.07. The quantitative estimate of drug-likeness (QED) is 0.753. The van der Waals surface area contributed by atoms with Crippen LogP contribution in [0.3, 0.4) is 0 Å². The molecule has 0 fully saturated rings. The molecule has 2 N–H and O–H groups in total. The second kappa shape index (κ2) is 3.86. The van der Waals surface area contributed by atoms with Crippen LogP contribution in [-0.4, -0.2) is 32.0 Å². The van der Waals surface area contributed by atoms with Gasteiger partial charge in [0.2, 0.25) is 11.0 Å². The third kappa shape index (κ3) is 2.91. The number of aromatic amines is 1. The van der Waals surface area contributed by atoms with Crippen molar-refractivity contribution in [3.63, 3.8) is 0 Å². The molecule has 1 aromatic heterocycles. The van der Waals surface area contributed by atoms with E-state index in [0.717, 1.165) is 0 Å². The summed E-state index contributed by atoms with van der Waals surface area (Å²) in [5.41, 5.74) is 0. The summed E-state index contributed by atoms with van der Waals surface area (Å²) in [5.74, 6) is -2.76. The molecular formula is C5H4F3N3O2S. The van der Waals surface area contributed by atoms with Crippen LogP contribution in [0.5, 0.6) is 0 Å². The normalized spacial score (nSPS) is 11.6. The van der Waals surface area contributed by atoms with E-state index in [9.17, 15) is 18.0 Å². The molecule has 0 aliphatic heterocycles. The van der Waals surface area contributed by atoms with Gasteiger partial charge in [0.05, 0.1) is 5.75 Å². The zero-order valence-corrected chi connectivity index (χ0v) is 7.32. The molecule has 0 atom stereocenters. The van der Waals surface area contributed by atoms with Crippen LogP contribution in [0.4, 0.5) is 13.2 Å². The minimum Gasteiger partial charge on any atom is -0.481 e. The Hall–Kier alpha value is -1.25. The lowest BCUT2D eigenvalue weighted by molar-refractivity contribution is -0.144. The monoisotopic (exact) mass is 227 g/mol. The van der Waals surface area contributed by atoms with E-state index >= 15 is 0 Å². The van der Waals surface area contributed by atoms with Crippen LogP contribution in [0, 0.1) is 0 Å². The van der Waals surface area contributed by atoms with Crippen LogP contribution < -0.4 is 0 Å². The van der Waals surface area contributed by atoms with Crippen molar-refractivity contribution >= 4 is 17.7 Å². The summed E-state index contributed by atoms with van der Waals surface area (Å²) in [6, 6.07) is 0. The van der Waals surface area contributed by atoms with Crippen LogP contribution in [-0.2, 0) is 11.0 Å². The summed E-state index contributed by atoms with van der Waals surface area (Å²) in [5, 5.41) is 12.9. The summed E-state index contributed by atoms with van der Waals surface area (Å²) in [7, 11) is 0. The van der Waals surface area contributed by atoms with Gasteiger partial charge in [0.1, 0.15) is 0 Å². The SMILES string of the molecule is O=C(O)CSc1n[nH]c(C(F)(F)F)n1. The first kappa shape index (κ1) is 10.8. The van der Waals surface area contributed by atoms with Crippen molar-refractivity contribution in [2.24, 2.45) is 0 Å². The molecule has 1 rings (SSSR count). The van der Waals surface area contributed by atoms with Crippen LogP contribution in [0.2, 0.25) is 0 Å². The third-order valence-electron chi connectivity index (χ3n) is 1.06. The van der Waals surface area contributed by atoms with Gasteiger partial charge >= 0.3 is 12.1 Å². The molecule has 0 unspecified atom stereocenters. The predicted molar refractivity (Wildman–Crippen MR) is 39.7 cm³/mol. The number of carboxylic acids is 1. The molecule has 1 heterocycles. The predicted octanol–water partition coefficient (Wildman–Crippen LogP) is 1.00. The molecule has 14 heavy (non-hydrogen) atoms. The van der Waals surface area contributed by atoms with Crippen LogP contribution in [0.1, 0.15) is 5.82 Å². The molecule has 0 aliphatic carbocycles. The second-order valence-electron chi connectivity index (χ2n) is 2.15. The first-order valence-corrected chi connectivity index (χ1v) is 4.22. The molecule has 1 aromatic rings. The van der Waals surface area contributed by atoms with E-state index in [1.807, 2.05) is 0 Å². The number of H-pyrrole nitrogens is 1. The maximum atomic E-state index is 11.9. The van der Waals surface area contributed by atoms with E-state index in [1.54, 1.807) is 5.10 Å². The number of thioether (sulfide) groups is 1. The summed E-state index contributed by atoms with van der Waals surface area (Å²) in [4.78, 5) is 13.1. The smallest absolute Gasteiger partial charge is 0.451 e. The maximum absolute atomic E-state index is 11.9. The lowest BCUT2D eigenvalue weighted by Gasteiger charge is -1.98. The van der Waals surface area contributed by atoms with Crippen LogP contribution in [0.25, 0.3) is 0 Å². The largest absolute Gasteiger partial charge is 0.481 e. The van der Waals surface area contributed by atoms with E-state index in [2.05, 4.69) is 10.1 Å². The molecule has 9 heteroatoms. The standard InChI is InChI=1S/C5H4F3N3O2S/c6-5(7,8)3-9-4(11-10-3)14-1-2(12)13/h1H2,(H,12,13)(H,9,10,11).